The topological polar surface area (TPSA) is 98.5 Å². The van der Waals surface area contributed by atoms with Crippen molar-refractivity contribution in [2.75, 3.05) is 6.61 Å². The highest BCUT2D eigenvalue weighted by molar-refractivity contribution is 7.89. The van der Waals surface area contributed by atoms with Crippen LogP contribution in [-0.4, -0.2) is 21.1 Å². The van der Waals surface area contributed by atoms with Crippen molar-refractivity contribution in [3.8, 4) is 11.1 Å². The van der Waals surface area contributed by atoms with E-state index in [4.69, 9.17) is 9.88 Å². The van der Waals surface area contributed by atoms with Gasteiger partial charge in [0.15, 0.2) is 0 Å². The number of primary sulfonamides is 1. The Labute approximate surface area is 205 Å². The molecule has 7 heteroatoms. The number of allylic oxidation sites excluding steroid dienone is 1. The molecule has 35 heavy (non-hydrogen) atoms. The van der Waals surface area contributed by atoms with Gasteiger partial charge in [0.1, 0.15) is 6.61 Å². The summed E-state index contributed by atoms with van der Waals surface area (Å²) in [5, 5.41) is 8.21. The normalized spacial score (nSPS) is 16.1. The van der Waals surface area contributed by atoms with E-state index in [9.17, 15) is 13.2 Å². The Kier molecular flexibility index (Phi) is 6.21. The maximum Gasteiger partial charge on any atom is 0.407 e. The van der Waals surface area contributed by atoms with Crippen LogP contribution in [0.4, 0.5) is 4.79 Å². The Morgan fingerprint density at radius 1 is 1.06 bits per heavy atom. The Balaban J connectivity index is 1.32. The molecule has 0 aliphatic heterocycles. The highest BCUT2D eigenvalue weighted by Gasteiger charge is 2.29. The molecular weight excluding hydrogens is 460 g/mol. The number of sulfonamides is 1. The minimum absolute atomic E-state index is 0.0114. The van der Waals surface area contributed by atoms with Gasteiger partial charge in [0.25, 0.3) is 0 Å². The van der Waals surface area contributed by atoms with E-state index in [2.05, 4.69) is 35.7 Å². The van der Waals surface area contributed by atoms with Crippen LogP contribution in [0.15, 0.2) is 77.7 Å². The molecule has 0 unspecified atom stereocenters. The lowest BCUT2D eigenvalue weighted by Crippen LogP contribution is -2.29. The van der Waals surface area contributed by atoms with Crippen LogP contribution in [0, 0.1) is 5.92 Å². The van der Waals surface area contributed by atoms with E-state index in [0.717, 1.165) is 40.7 Å². The zero-order valence-corrected chi connectivity index (χ0v) is 20.3. The Morgan fingerprint density at radius 3 is 2.29 bits per heavy atom. The van der Waals surface area contributed by atoms with Crippen molar-refractivity contribution < 1.29 is 17.9 Å². The number of amides is 1. The number of ether oxygens (including phenoxy) is 1. The molecule has 5 rings (SSSR count). The minimum Gasteiger partial charge on any atom is -0.449 e. The predicted molar refractivity (Wildman–Crippen MR) is 136 cm³/mol. The molecule has 0 bridgehead atoms. The van der Waals surface area contributed by atoms with Gasteiger partial charge in [-0.25, -0.2) is 18.4 Å². The standard InChI is InChI=1S/C28H28N2O4S/c1-18(26-16-21(35(29,32)33)15-14-20(26)13-12-19-10-11-19)30-28(31)34-17-27-24-8-4-2-6-22(24)23-7-3-5-9-25(23)27/h2-9,12-16,18-19,27H,10-11,17H2,1H3,(H,30,31)(H2,29,32,33)/b13-12+/t18-/m1/s1. The number of carbonyl (C=O) groups is 1. The van der Waals surface area contributed by atoms with E-state index < -0.39 is 22.2 Å². The van der Waals surface area contributed by atoms with Crippen LogP contribution >= 0.6 is 0 Å². The molecule has 3 N–H and O–H groups in total. The second kappa shape index (κ2) is 9.32. The summed E-state index contributed by atoms with van der Waals surface area (Å²) in [6, 6.07) is 20.6. The molecule has 1 fully saturated rings. The van der Waals surface area contributed by atoms with Crippen LogP contribution in [0.25, 0.3) is 17.2 Å². The second-order valence-corrected chi connectivity index (χ2v) is 10.8. The third-order valence-corrected chi connectivity index (χ3v) is 7.61. The van der Waals surface area contributed by atoms with E-state index in [0.29, 0.717) is 11.5 Å². The Hall–Kier alpha value is -3.42. The molecule has 0 spiro atoms. The van der Waals surface area contributed by atoms with Gasteiger partial charge >= 0.3 is 6.09 Å². The number of nitrogens with one attached hydrogen (secondary N) is 1. The fourth-order valence-electron chi connectivity index (χ4n) is 4.68. The number of benzene rings is 3. The number of fused-ring (bicyclic) bond motifs is 3. The summed E-state index contributed by atoms with van der Waals surface area (Å²) in [6.45, 7) is 2.01. The Morgan fingerprint density at radius 2 is 1.69 bits per heavy atom. The van der Waals surface area contributed by atoms with Crippen LogP contribution < -0.4 is 10.5 Å². The van der Waals surface area contributed by atoms with E-state index >= 15 is 0 Å². The summed E-state index contributed by atoms with van der Waals surface area (Å²) in [7, 11) is -3.87. The molecule has 2 aliphatic carbocycles. The van der Waals surface area contributed by atoms with Crippen molar-refractivity contribution in [2.45, 2.75) is 36.6 Å². The van der Waals surface area contributed by atoms with Gasteiger partial charge in [-0.1, -0.05) is 66.7 Å². The molecule has 1 saturated carbocycles. The molecule has 0 saturated heterocycles. The zero-order chi connectivity index (χ0) is 24.6. The number of carbonyl (C=O) groups excluding carboxylic acids is 1. The molecule has 1 atom stereocenters. The molecule has 0 aromatic heterocycles. The molecule has 0 radical (unpaired) electrons. The van der Waals surface area contributed by atoms with Crippen LogP contribution in [0.5, 0.6) is 0 Å². The number of alkyl carbamates (subject to hydrolysis) is 1. The first-order chi connectivity index (χ1) is 16.8. The van der Waals surface area contributed by atoms with E-state index in [1.807, 2.05) is 30.3 Å². The van der Waals surface area contributed by atoms with Crippen LogP contribution in [0.1, 0.15) is 54.0 Å². The van der Waals surface area contributed by atoms with Gasteiger partial charge < -0.3 is 10.1 Å². The van der Waals surface area contributed by atoms with Crippen molar-refractivity contribution in [1.29, 1.82) is 0 Å². The van der Waals surface area contributed by atoms with Gasteiger partial charge in [-0.2, -0.15) is 0 Å². The van der Waals surface area contributed by atoms with Crippen LogP contribution in [0.3, 0.4) is 0 Å². The molecule has 6 nitrogen and oxygen atoms in total. The summed E-state index contributed by atoms with van der Waals surface area (Å²) in [6.07, 6.45) is 5.87. The first-order valence-corrected chi connectivity index (χ1v) is 13.3. The lowest BCUT2D eigenvalue weighted by atomic mass is 9.98. The monoisotopic (exact) mass is 488 g/mol. The first kappa shape index (κ1) is 23.3. The highest BCUT2D eigenvalue weighted by Crippen LogP contribution is 2.44. The SMILES string of the molecule is C[C@@H](NC(=O)OCC1c2ccccc2-c2ccccc21)c1cc(S(N)(=O)=O)ccc1/C=C/C1CC1. The van der Waals surface area contributed by atoms with Gasteiger partial charge in [-0.05, 0) is 71.2 Å². The lowest BCUT2D eigenvalue weighted by molar-refractivity contribution is 0.140. The third-order valence-electron chi connectivity index (χ3n) is 6.70. The fraction of sp³-hybridized carbons (Fsp3) is 0.250. The average Bonchev–Trinajstić information content (AvgIpc) is 3.62. The predicted octanol–water partition coefficient (Wildman–Crippen LogP) is 5.36. The number of hydrogen-bond donors (Lipinski definition) is 2. The van der Waals surface area contributed by atoms with E-state index in [1.165, 1.54) is 12.1 Å². The molecule has 180 valence electrons. The van der Waals surface area contributed by atoms with Crippen molar-refractivity contribution >= 4 is 22.2 Å². The molecule has 0 heterocycles. The number of hydrogen-bond acceptors (Lipinski definition) is 4. The molecule has 3 aromatic carbocycles. The second-order valence-electron chi connectivity index (χ2n) is 9.22. The third kappa shape index (κ3) is 5.01. The Bertz CT molecular complexity index is 1360. The van der Waals surface area contributed by atoms with Gasteiger partial charge in [0.2, 0.25) is 10.0 Å². The fourth-order valence-corrected chi connectivity index (χ4v) is 5.23. The van der Waals surface area contributed by atoms with Crippen molar-refractivity contribution in [2.24, 2.45) is 11.1 Å². The summed E-state index contributed by atoms with van der Waals surface area (Å²) < 4.78 is 29.5. The summed E-state index contributed by atoms with van der Waals surface area (Å²) >= 11 is 0. The average molecular weight is 489 g/mol. The number of rotatable bonds is 7. The van der Waals surface area contributed by atoms with Gasteiger partial charge in [0.05, 0.1) is 10.9 Å². The molecule has 1 amide bonds. The summed E-state index contributed by atoms with van der Waals surface area (Å²) in [5.74, 6) is 0.525. The molecule has 3 aromatic rings. The highest BCUT2D eigenvalue weighted by atomic mass is 32.2. The van der Waals surface area contributed by atoms with Gasteiger partial charge in [-0.3, -0.25) is 0 Å². The van der Waals surface area contributed by atoms with E-state index in [-0.39, 0.29) is 17.4 Å². The van der Waals surface area contributed by atoms with Crippen molar-refractivity contribution in [1.82, 2.24) is 5.32 Å². The minimum atomic E-state index is -3.87. The first-order valence-electron chi connectivity index (χ1n) is 11.8. The van der Waals surface area contributed by atoms with Crippen LogP contribution in [-0.2, 0) is 14.8 Å². The lowest BCUT2D eigenvalue weighted by Gasteiger charge is -2.19. The molecule has 2 aliphatic rings. The summed E-state index contributed by atoms with van der Waals surface area (Å²) in [4.78, 5) is 12.8. The van der Waals surface area contributed by atoms with Gasteiger partial charge in [0, 0.05) is 5.92 Å². The largest absolute Gasteiger partial charge is 0.449 e. The maximum atomic E-state index is 12.8. The van der Waals surface area contributed by atoms with E-state index in [1.54, 1.807) is 13.0 Å². The van der Waals surface area contributed by atoms with Crippen molar-refractivity contribution in [3.05, 3.63) is 95.1 Å². The van der Waals surface area contributed by atoms with Crippen molar-refractivity contribution in [3.63, 3.8) is 0 Å². The maximum absolute atomic E-state index is 12.8. The number of nitrogens with two attached hydrogens (primary N) is 1. The molecular formula is C28H28N2O4S. The zero-order valence-electron chi connectivity index (χ0n) is 19.5. The quantitative estimate of drug-likeness (QED) is 0.468. The van der Waals surface area contributed by atoms with Crippen LogP contribution in [0.2, 0.25) is 0 Å². The smallest absolute Gasteiger partial charge is 0.407 e. The van der Waals surface area contributed by atoms with Gasteiger partial charge in [-0.15, -0.1) is 0 Å². The summed E-state index contributed by atoms with van der Waals surface area (Å²) in [5.41, 5.74) is 6.12.